The number of rotatable bonds is 3. The molecule has 0 radical (unpaired) electrons. The van der Waals surface area contributed by atoms with Crippen LogP contribution in [0.15, 0.2) is 24.5 Å². The number of pyridine rings is 1. The Morgan fingerprint density at radius 3 is 3.21 bits per heavy atom. The number of aromatic amines is 1. The normalized spacial score (nSPS) is 11.5. The van der Waals surface area contributed by atoms with Gasteiger partial charge in [0.2, 0.25) is 0 Å². The van der Waals surface area contributed by atoms with Crippen molar-refractivity contribution in [2.45, 2.75) is 6.42 Å². The summed E-state index contributed by atoms with van der Waals surface area (Å²) in [5.41, 5.74) is 2.98. The van der Waals surface area contributed by atoms with E-state index < -0.39 is 0 Å². The molecule has 0 aliphatic heterocycles. The van der Waals surface area contributed by atoms with Gasteiger partial charge in [-0.1, -0.05) is 28.1 Å². The van der Waals surface area contributed by atoms with Crippen molar-refractivity contribution in [3.8, 4) is 0 Å². The fraction of sp³-hybridized carbons (Fsp3) is 0.200. The van der Waals surface area contributed by atoms with E-state index in [1.807, 2.05) is 12.3 Å². The van der Waals surface area contributed by atoms with Crippen LogP contribution in [0.25, 0.3) is 17.1 Å². The lowest BCUT2D eigenvalue weighted by Crippen LogP contribution is -1.78. The van der Waals surface area contributed by atoms with Crippen molar-refractivity contribution in [3.05, 3.63) is 30.1 Å². The van der Waals surface area contributed by atoms with Gasteiger partial charge >= 0.3 is 0 Å². The smallest absolute Gasteiger partial charge is 0.108 e. The molecule has 72 valence electrons. The molecule has 2 aromatic heterocycles. The van der Waals surface area contributed by atoms with Crippen LogP contribution in [0, 0.1) is 0 Å². The number of H-pyrrole nitrogens is 1. The van der Waals surface area contributed by atoms with Crippen molar-refractivity contribution < 1.29 is 0 Å². The fourth-order valence-electron chi connectivity index (χ4n) is 1.22. The van der Waals surface area contributed by atoms with Crippen molar-refractivity contribution >= 4 is 33.0 Å². The lowest BCUT2D eigenvalue weighted by Gasteiger charge is -1.92. The number of alkyl halides is 1. The predicted molar refractivity (Wildman–Crippen MR) is 61.3 cm³/mol. The molecule has 0 saturated carbocycles. The van der Waals surface area contributed by atoms with Crippen LogP contribution in [0.4, 0.5) is 0 Å². The average molecular weight is 252 g/mol. The van der Waals surface area contributed by atoms with Gasteiger partial charge in [-0.05, 0) is 18.1 Å². The van der Waals surface area contributed by atoms with Crippen molar-refractivity contribution in [1.29, 1.82) is 0 Å². The van der Waals surface area contributed by atoms with Crippen molar-refractivity contribution in [2.75, 3.05) is 5.33 Å². The summed E-state index contributed by atoms with van der Waals surface area (Å²) in [7, 11) is 0. The zero-order chi connectivity index (χ0) is 9.80. The third-order valence-electron chi connectivity index (χ3n) is 1.90. The van der Waals surface area contributed by atoms with E-state index in [4.69, 9.17) is 0 Å². The maximum atomic E-state index is 4.26. The van der Waals surface area contributed by atoms with Crippen molar-refractivity contribution in [1.82, 2.24) is 15.2 Å². The molecule has 2 aromatic rings. The Bertz CT molecular complexity index is 447. The standard InChI is InChI=1S/C10H10BrN3/c11-4-2-1-3-8-5-9-10(12-6-8)7-13-14-9/h1,3,5-7H,2,4H2,(H,13,14). The number of hydrogen-bond acceptors (Lipinski definition) is 2. The molecule has 0 aliphatic rings. The van der Waals surface area contributed by atoms with Crippen LogP contribution in [-0.2, 0) is 0 Å². The zero-order valence-electron chi connectivity index (χ0n) is 7.57. The Kier molecular flexibility index (Phi) is 2.93. The molecule has 2 rings (SSSR count). The Morgan fingerprint density at radius 1 is 1.43 bits per heavy atom. The van der Waals surface area contributed by atoms with Gasteiger partial charge in [0.05, 0.1) is 11.7 Å². The van der Waals surface area contributed by atoms with Gasteiger partial charge in [-0.2, -0.15) is 5.10 Å². The monoisotopic (exact) mass is 251 g/mol. The van der Waals surface area contributed by atoms with Crippen molar-refractivity contribution in [3.63, 3.8) is 0 Å². The largest absolute Gasteiger partial charge is 0.276 e. The minimum absolute atomic E-state index is 0.905. The van der Waals surface area contributed by atoms with Crippen LogP contribution in [-0.4, -0.2) is 20.5 Å². The second kappa shape index (κ2) is 4.37. The highest BCUT2D eigenvalue weighted by molar-refractivity contribution is 9.09. The third-order valence-corrected chi connectivity index (χ3v) is 2.36. The number of hydrogen-bond donors (Lipinski definition) is 1. The highest BCUT2D eigenvalue weighted by Crippen LogP contribution is 2.10. The second-order valence-electron chi connectivity index (χ2n) is 2.95. The summed E-state index contributed by atoms with van der Waals surface area (Å²) in [5, 5.41) is 7.80. The third kappa shape index (κ3) is 2.01. The predicted octanol–water partition coefficient (Wildman–Crippen LogP) is 2.76. The molecule has 0 bridgehead atoms. The molecule has 14 heavy (non-hydrogen) atoms. The number of nitrogens with one attached hydrogen (secondary N) is 1. The number of halogens is 1. The topological polar surface area (TPSA) is 41.6 Å². The van der Waals surface area contributed by atoms with Gasteiger partial charge in [0.25, 0.3) is 0 Å². The summed E-state index contributed by atoms with van der Waals surface area (Å²) in [6.45, 7) is 0. The first kappa shape index (κ1) is 9.40. The van der Waals surface area contributed by atoms with E-state index in [1.54, 1.807) is 6.20 Å². The summed E-state index contributed by atoms with van der Waals surface area (Å²) in [5.74, 6) is 0. The lowest BCUT2D eigenvalue weighted by molar-refractivity contribution is 1.12. The molecule has 4 heteroatoms. The van der Waals surface area contributed by atoms with Crippen LogP contribution in [0.5, 0.6) is 0 Å². The Labute approximate surface area is 90.4 Å². The molecule has 3 nitrogen and oxygen atoms in total. The molecule has 0 unspecified atom stereocenters. The van der Waals surface area contributed by atoms with E-state index in [0.717, 1.165) is 28.3 Å². The molecule has 1 N–H and O–H groups in total. The molecule has 0 atom stereocenters. The first-order valence-corrected chi connectivity index (χ1v) is 5.54. The van der Waals surface area contributed by atoms with Gasteiger partial charge < -0.3 is 0 Å². The quantitative estimate of drug-likeness (QED) is 0.853. The number of allylic oxidation sites excluding steroid dienone is 1. The SMILES string of the molecule is BrCCC=Cc1cnc2cn[nH]c2c1. The van der Waals surface area contributed by atoms with Crippen LogP contribution >= 0.6 is 15.9 Å². The van der Waals surface area contributed by atoms with Gasteiger partial charge in [0.1, 0.15) is 5.52 Å². The van der Waals surface area contributed by atoms with Gasteiger partial charge in [-0.25, -0.2) is 0 Å². The first-order chi connectivity index (χ1) is 6.90. The number of aromatic nitrogens is 3. The highest BCUT2D eigenvalue weighted by atomic mass is 79.9. The highest BCUT2D eigenvalue weighted by Gasteiger charge is 1.95. The van der Waals surface area contributed by atoms with E-state index >= 15 is 0 Å². The maximum Gasteiger partial charge on any atom is 0.108 e. The first-order valence-electron chi connectivity index (χ1n) is 4.42. The summed E-state index contributed by atoms with van der Waals surface area (Å²) in [6.07, 6.45) is 8.79. The van der Waals surface area contributed by atoms with E-state index in [0.29, 0.717) is 0 Å². The fourth-order valence-corrected chi connectivity index (χ4v) is 1.48. The Balaban J connectivity index is 2.25. The van der Waals surface area contributed by atoms with Crippen LogP contribution < -0.4 is 0 Å². The lowest BCUT2D eigenvalue weighted by atomic mass is 10.2. The molecule has 0 fully saturated rings. The molecule has 0 spiro atoms. The molecule has 0 saturated heterocycles. The second-order valence-corrected chi connectivity index (χ2v) is 3.74. The summed E-state index contributed by atoms with van der Waals surface area (Å²) < 4.78 is 0. The van der Waals surface area contributed by atoms with Gasteiger partial charge in [0.15, 0.2) is 0 Å². The van der Waals surface area contributed by atoms with Crippen molar-refractivity contribution in [2.24, 2.45) is 0 Å². The Morgan fingerprint density at radius 2 is 2.36 bits per heavy atom. The summed E-state index contributed by atoms with van der Waals surface area (Å²) in [6, 6.07) is 2.04. The molecule has 2 heterocycles. The summed E-state index contributed by atoms with van der Waals surface area (Å²) >= 11 is 3.37. The maximum absolute atomic E-state index is 4.26. The molecule has 0 aliphatic carbocycles. The molecule has 0 amide bonds. The minimum Gasteiger partial charge on any atom is -0.276 e. The van der Waals surface area contributed by atoms with Gasteiger partial charge in [-0.3, -0.25) is 10.1 Å². The van der Waals surface area contributed by atoms with Crippen LogP contribution in [0.3, 0.4) is 0 Å². The van der Waals surface area contributed by atoms with E-state index in [1.165, 1.54) is 0 Å². The average Bonchev–Trinajstić information content (AvgIpc) is 2.65. The van der Waals surface area contributed by atoms with Gasteiger partial charge in [0, 0.05) is 11.5 Å². The zero-order valence-corrected chi connectivity index (χ0v) is 9.16. The number of nitrogens with zero attached hydrogens (tertiary/aromatic N) is 2. The van der Waals surface area contributed by atoms with E-state index in [2.05, 4.69) is 43.3 Å². The van der Waals surface area contributed by atoms with Gasteiger partial charge in [-0.15, -0.1) is 0 Å². The van der Waals surface area contributed by atoms with Crippen LogP contribution in [0.2, 0.25) is 0 Å². The van der Waals surface area contributed by atoms with E-state index in [-0.39, 0.29) is 0 Å². The molecular weight excluding hydrogens is 242 g/mol. The number of fused-ring (bicyclic) bond motifs is 1. The van der Waals surface area contributed by atoms with Crippen LogP contribution in [0.1, 0.15) is 12.0 Å². The Hall–Kier alpha value is -1.16. The molecule has 0 aromatic carbocycles. The summed E-state index contributed by atoms with van der Waals surface area (Å²) in [4.78, 5) is 4.26. The minimum atomic E-state index is 0.905. The van der Waals surface area contributed by atoms with E-state index in [9.17, 15) is 0 Å². The molecular formula is C10H10BrN3.